The summed E-state index contributed by atoms with van der Waals surface area (Å²) in [6, 6.07) is 7.80. The first-order valence-electron chi connectivity index (χ1n) is 5.43. The molecule has 0 saturated carbocycles. The molecule has 90 valence electrons. The van der Waals surface area contributed by atoms with Gasteiger partial charge in [0.25, 0.3) is 0 Å². The number of rotatable bonds is 3. The lowest BCUT2D eigenvalue weighted by Crippen LogP contribution is -2.34. The summed E-state index contributed by atoms with van der Waals surface area (Å²) in [5.74, 6) is 0. The molecule has 2 rings (SSSR count). The molecule has 4 nitrogen and oxygen atoms in total. The molecule has 1 saturated heterocycles. The first-order chi connectivity index (χ1) is 8.31. The van der Waals surface area contributed by atoms with Gasteiger partial charge in [0.2, 0.25) is 0 Å². The SMILES string of the molecule is N#Cc1c(Br)cccc1NCC1COCCO1. The summed E-state index contributed by atoms with van der Waals surface area (Å²) >= 11 is 3.35. The molecule has 1 N–H and O–H groups in total. The number of nitrogens with zero attached hydrogens (tertiary/aromatic N) is 1. The maximum Gasteiger partial charge on any atom is 0.103 e. The highest BCUT2D eigenvalue weighted by atomic mass is 79.9. The van der Waals surface area contributed by atoms with Crippen LogP contribution >= 0.6 is 15.9 Å². The Balaban J connectivity index is 1.99. The van der Waals surface area contributed by atoms with Gasteiger partial charge < -0.3 is 14.8 Å². The van der Waals surface area contributed by atoms with E-state index in [1.165, 1.54) is 0 Å². The van der Waals surface area contributed by atoms with E-state index in [1.54, 1.807) is 0 Å². The lowest BCUT2D eigenvalue weighted by Gasteiger charge is -2.23. The summed E-state index contributed by atoms with van der Waals surface area (Å²) in [5.41, 5.74) is 1.43. The molecule has 1 aromatic rings. The van der Waals surface area contributed by atoms with Crippen molar-refractivity contribution in [3.63, 3.8) is 0 Å². The minimum atomic E-state index is 0.0503. The van der Waals surface area contributed by atoms with E-state index < -0.39 is 0 Å². The van der Waals surface area contributed by atoms with Gasteiger partial charge in [-0.1, -0.05) is 6.07 Å². The Morgan fingerprint density at radius 3 is 3.06 bits per heavy atom. The van der Waals surface area contributed by atoms with Crippen molar-refractivity contribution in [3.8, 4) is 6.07 Å². The highest BCUT2D eigenvalue weighted by Gasteiger charge is 2.14. The van der Waals surface area contributed by atoms with Crippen LogP contribution in [-0.2, 0) is 9.47 Å². The van der Waals surface area contributed by atoms with Crippen LogP contribution < -0.4 is 5.32 Å². The van der Waals surface area contributed by atoms with E-state index in [4.69, 9.17) is 14.7 Å². The quantitative estimate of drug-likeness (QED) is 0.929. The molecule has 17 heavy (non-hydrogen) atoms. The lowest BCUT2D eigenvalue weighted by molar-refractivity contribution is -0.0818. The fourth-order valence-electron chi connectivity index (χ4n) is 1.66. The minimum Gasteiger partial charge on any atom is -0.381 e. The molecule has 1 heterocycles. The Bertz CT molecular complexity index is 425. The van der Waals surface area contributed by atoms with Crippen molar-refractivity contribution in [1.82, 2.24) is 0 Å². The van der Waals surface area contributed by atoms with Crippen LogP contribution in [0.2, 0.25) is 0 Å². The predicted octanol–water partition coefficient (Wildman–Crippen LogP) is 2.15. The van der Waals surface area contributed by atoms with E-state index in [-0.39, 0.29) is 6.10 Å². The molecule has 0 spiro atoms. The van der Waals surface area contributed by atoms with Gasteiger partial charge in [-0.05, 0) is 28.1 Å². The minimum absolute atomic E-state index is 0.0503. The van der Waals surface area contributed by atoms with Crippen molar-refractivity contribution in [2.24, 2.45) is 0 Å². The summed E-state index contributed by atoms with van der Waals surface area (Å²) < 4.78 is 11.6. The number of hydrogen-bond acceptors (Lipinski definition) is 4. The molecule has 1 atom stereocenters. The average Bonchev–Trinajstić information content (AvgIpc) is 2.37. The Hall–Kier alpha value is -1.09. The molecule has 1 aliphatic heterocycles. The Morgan fingerprint density at radius 1 is 1.47 bits per heavy atom. The van der Waals surface area contributed by atoms with Gasteiger partial charge >= 0.3 is 0 Å². The molecule has 5 heteroatoms. The van der Waals surface area contributed by atoms with E-state index in [2.05, 4.69) is 27.3 Å². The summed E-state index contributed by atoms with van der Waals surface area (Å²) in [6.45, 7) is 2.54. The van der Waals surface area contributed by atoms with E-state index in [9.17, 15) is 0 Å². The molecule has 1 fully saturated rings. The van der Waals surface area contributed by atoms with Gasteiger partial charge in [0, 0.05) is 11.0 Å². The van der Waals surface area contributed by atoms with Crippen molar-refractivity contribution in [3.05, 3.63) is 28.2 Å². The molecule has 0 aromatic heterocycles. The number of nitriles is 1. The number of hydrogen-bond donors (Lipinski definition) is 1. The van der Waals surface area contributed by atoms with E-state index in [1.807, 2.05) is 18.2 Å². The molecular formula is C12H13BrN2O2. The number of anilines is 1. The third-order valence-corrected chi connectivity index (χ3v) is 3.19. The van der Waals surface area contributed by atoms with Gasteiger partial charge in [-0.2, -0.15) is 5.26 Å². The second-order valence-electron chi connectivity index (χ2n) is 3.72. The van der Waals surface area contributed by atoms with Crippen LogP contribution in [0.5, 0.6) is 0 Å². The summed E-state index contributed by atoms with van der Waals surface area (Å²) in [7, 11) is 0. The van der Waals surface area contributed by atoms with Gasteiger partial charge in [0.05, 0.1) is 37.2 Å². The van der Waals surface area contributed by atoms with Crippen molar-refractivity contribution in [1.29, 1.82) is 5.26 Å². The van der Waals surface area contributed by atoms with Crippen LogP contribution in [0.4, 0.5) is 5.69 Å². The molecule has 0 radical (unpaired) electrons. The first-order valence-corrected chi connectivity index (χ1v) is 6.22. The van der Waals surface area contributed by atoms with Crippen LogP contribution in [0, 0.1) is 11.3 Å². The van der Waals surface area contributed by atoms with Gasteiger partial charge in [-0.3, -0.25) is 0 Å². The zero-order valence-corrected chi connectivity index (χ0v) is 10.9. The summed E-state index contributed by atoms with van der Waals surface area (Å²) in [6.07, 6.45) is 0.0503. The van der Waals surface area contributed by atoms with E-state index in [0.29, 0.717) is 31.9 Å². The van der Waals surface area contributed by atoms with Crippen molar-refractivity contribution in [2.45, 2.75) is 6.10 Å². The van der Waals surface area contributed by atoms with E-state index >= 15 is 0 Å². The number of benzene rings is 1. The highest BCUT2D eigenvalue weighted by Crippen LogP contribution is 2.23. The van der Waals surface area contributed by atoms with Crippen molar-refractivity contribution in [2.75, 3.05) is 31.7 Å². The zero-order chi connectivity index (χ0) is 12.1. The number of halogens is 1. The van der Waals surface area contributed by atoms with E-state index in [0.717, 1.165) is 10.2 Å². The third kappa shape index (κ3) is 3.19. The topological polar surface area (TPSA) is 54.3 Å². The monoisotopic (exact) mass is 296 g/mol. The zero-order valence-electron chi connectivity index (χ0n) is 9.28. The fraction of sp³-hybridized carbons (Fsp3) is 0.417. The lowest BCUT2D eigenvalue weighted by atomic mass is 10.2. The first kappa shape index (κ1) is 12.4. The maximum absolute atomic E-state index is 9.06. The van der Waals surface area contributed by atoms with Crippen LogP contribution in [-0.4, -0.2) is 32.5 Å². The Morgan fingerprint density at radius 2 is 2.35 bits per heavy atom. The maximum atomic E-state index is 9.06. The normalized spacial score (nSPS) is 19.6. The molecule has 1 aliphatic rings. The van der Waals surface area contributed by atoms with Crippen LogP contribution in [0.25, 0.3) is 0 Å². The molecule has 0 aliphatic carbocycles. The molecular weight excluding hydrogens is 284 g/mol. The predicted molar refractivity (Wildman–Crippen MR) is 67.9 cm³/mol. The average molecular weight is 297 g/mol. The molecule has 1 unspecified atom stereocenters. The van der Waals surface area contributed by atoms with Crippen molar-refractivity contribution >= 4 is 21.6 Å². The third-order valence-electron chi connectivity index (χ3n) is 2.53. The summed E-state index contributed by atoms with van der Waals surface area (Å²) in [4.78, 5) is 0. The number of nitrogens with one attached hydrogen (secondary N) is 1. The van der Waals surface area contributed by atoms with Crippen molar-refractivity contribution < 1.29 is 9.47 Å². The van der Waals surface area contributed by atoms with Gasteiger partial charge in [0.15, 0.2) is 0 Å². The standard InChI is InChI=1S/C12H13BrN2O2/c13-11-2-1-3-12(10(11)6-14)15-7-9-8-16-4-5-17-9/h1-3,9,15H,4-5,7-8H2. The number of ether oxygens (including phenoxy) is 2. The summed E-state index contributed by atoms with van der Waals surface area (Å²) in [5, 5.41) is 12.3. The highest BCUT2D eigenvalue weighted by molar-refractivity contribution is 9.10. The fourth-order valence-corrected chi connectivity index (χ4v) is 2.12. The molecule has 1 aromatic carbocycles. The Labute approximate surface area is 109 Å². The smallest absolute Gasteiger partial charge is 0.103 e. The molecule has 0 amide bonds. The second kappa shape index (κ2) is 6.01. The Kier molecular flexibility index (Phi) is 4.37. The van der Waals surface area contributed by atoms with Gasteiger partial charge in [-0.15, -0.1) is 0 Å². The van der Waals surface area contributed by atoms with Gasteiger partial charge in [0.1, 0.15) is 6.07 Å². The van der Waals surface area contributed by atoms with Gasteiger partial charge in [-0.25, -0.2) is 0 Å². The molecule has 0 bridgehead atoms. The largest absolute Gasteiger partial charge is 0.381 e. The van der Waals surface area contributed by atoms with Crippen LogP contribution in [0.3, 0.4) is 0 Å². The second-order valence-corrected chi connectivity index (χ2v) is 4.58. The van der Waals surface area contributed by atoms with Crippen LogP contribution in [0.15, 0.2) is 22.7 Å². The van der Waals surface area contributed by atoms with Crippen LogP contribution in [0.1, 0.15) is 5.56 Å².